The molecule has 0 aliphatic rings. The lowest BCUT2D eigenvalue weighted by Crippen LogP contribution is -2.22. The Morgan fingerprint density at radius 3 is 2.61 bits per heavy atom. The maximum absolute atomic E-state index is 11.7. The summed E-state index contributed by atoms with van der Waals surface area (Å²) in [6, 6.07) is 8.45. The van der Waals surface area contributed by atoms with Gasteiger partial charge in [-0.25, -0.2) is 0 Å². The van der Waals surface area contributed by atoms with Crippen LogP contribution in [-0.4, -0.2) is 5.91 Å². The molecule has 3 nitrogen and oxygen atoms in total. The van der Waals surface area contributed by atoms with Gasteiger partial charge in [0, 0.05) is 6.54 Å². The van der Waals surface area contributed by atoms with Crippen LogP contribution in [0.2, 0.25) is 10.0 Å². The summed E-state index contributed by atoms with van der Waals surface area (Å²) in [5, 5.41) is 3.67. The van der Waals surface area contributed by atoms with Crippen molar-refractivity contribution < 1.29 is 9.21 Å². The Kier molecular flexibility index (Phi) is 4.32. The molecule has 0 unspecified atom stereocenters. The minimum absolute atomic E-state index is 0.252. The molecule has 0 bridgehead atoms. The summed E-state index contributed by atoms with van der Waals surface area (Å²) < 4.78 is 5.65. The van der Waals surface area contributed by atoms with Gasteiger partial charge in [0.1, 0.15) is 0 Å². The highest BCUT2D eigenvalue weighted by Crippen LogP contribution is 2.22. The molecule has 0 atom stereocenters. The van der Waals surface area contributed by atoms with E-state index in [1.54, 1.807) is 30.3 Å². The highest BCUT2D eigenvalue weighted by molar-refractivity contribution is 9.10. The number of benzene rings is 1. The summed E-state index contributed by atoms with van der Waals surface area (Å²) in [7, 11) is 0. The first-order chi connectivity index (χ1) is 8.56. The largest absolute Gasteiger partial charge is 0.444 e. The molecule has 0 fully saturated rings. The van der Waals surface area contributed by atoms with Crippen molar-refractivity contribution in [2.24, 2.45) is 0 Å². The van der Waals surface area contributed by atoms with Crippen LogP contribution in [0.15, 0.2) is 39.4 Å². The van der Waals surface area contributed by atoms with Crippen molar-refractivity contribution in [1.29, 1.82) is 0 Å². The van der Waals surface area contributed by atoms with Crippen molar-refractivity contribution in [3.8, 4) is 0 Å². The van der Waals surface area contributed by atoms with E-state index in [1.807, 2.05) is 0 Å². The number of rotatable bonds is 3. The normalized spacial score (nSPS) is 10.4. The smallest absolute Gasteiger partial charge is 0.287 e. The SMILES string of the molecule is O=C(NCc1ccc(Cl)c(Cl)c1)c1ccc(Br)o1. The fourth-order valence-electron chi connectivity index (χ4n) is 1.36. The predicted octanol–water partition coefficient (Wildman–Crippen LogP) is 4.28. The van der Waals surface area contributed by atoms with Crippen LogP contribution in [-0.2, 0) is 6.54 Å². The Hall–Kier alpha value is -0.970. The third kappa shape index (κ3) is 3.28. The van der Waals surface area contributed by atoms with Gasteiger partial charge in [0.05, 0.1) is 10.0 Å². The Bertz CT molecular complexity index is 583. The molecular weight excluding hydrogens is 341 g/mol. The van der Waals surface area contributed by atoms with Crippen molar-refractivity contribution in [1.82, 2.24) is 5.32 Å². The first-order valence-corrected chi connectivity index (χ1v) is 6.58. The second-order valence-corrected chi connectivity index (χ2v) is 5.13. The topological polar surface area (TPSA) is 42.2 Å². The van der Waals surface area contributed by atoms with Gasteiger partial charge < -0.3 is 9.73 Å². The fourth-order valence-corrected chi connectivity index (χ4v) is 1.98. The lowest BCUT2D eigenvalue weighted by Gasteiger charge is -2.04. The highest BCUT2D eigenvalue weighted by atomic mass is 79.9. The molecule has 0 radical (unpaired) electrons. The second-order valence-electron chi connectivity index (χ2n) is 3.53. The van der Waals surface area contributed by atoms with E-state index in [0.29, 0.717) is 21.3 Å². The van der Waals surface area contributed by atoms with Crippen molar-refractivity contribution in [2.45, 2.75) is 6.54 Å². The molecule has 6 heteroatoms. The van der Waals surface area contributed by atoms with Gasteiger partial charge in [-0.05, 0) is 45.8 Å². The lowest BCUT2D eigenvalue weighted by molar-refractivity contribution is 0.0922. The molecule has 18 heavy (non-hydrogen) atoms. The molecule has 94 valence electrons. The second kappa shape index (κ2) is 5.78. The van der Waals surface area contributed by atoms with Gasteiger partial charge in [0.25, 0.3) is 5.91 Å². The minimum atomic E-state index is -0.285. The molecular formula is C12H8BrCl2NO2. The third-order valence-corrected chi connectivity index (χ3v) is 3.40. The van der Waals surface area contributed by atoms with Gasteiger partial charge >= 0.3 is 0 Å². The van der Waals surface area contributed by atoms with E-state index in [9.17, 15) is 4.79 Å². The molecule has 1 N–H and O–H groups in total. The van der Waals surface area contributed by atoms with Gasteiger partial charge in [-0.3, -0.25) is 4.79 Å². The molecule has 0 saturated heterocycles. The van der Waals surface area contributed by atoms with Crippen LogP contribution in [0.3, 0.4) is 0 Å². The summed E-state index contributed by atoms with van der Waals surface area (Å²) in [5.41, 5.74) is 0.864. The summed E-state index contributed by atoms with van der Waals surface area (Å²) in [5.74, 6) is -0.0336. The van der Waals surface area contributed by atoms with Gasteiger partial charge in [0.2, 0.25) is 0 Å². The molecule has 2 aromatic rings. The van der Waals surface area contributed by atoms with E-state index < -0.39 is 0 Å². The maximum Gasteiger partial charge on any atom is 0.287 e. The van der Waals surface area contributed by atoms with E-state index in [-0.39, 0.29) is 11.7 Å². The van der Waals surface area contributed by atoms with Crippen LogP contribution in [0.1, 0.15) is 16.1 Å². The van der Waals surface area contributed by atoms with Gasteiger partial charge in [-0.15, -0.1) is 0 Å². The van der Waals surface area contributed by atoms with E-state index in [1.165, 1.54) is 0 Å². The molecule has 1 heterocycles. The Balaban J connectivity index is 1.99. The molecule has 1 aromatic carbocycles. The van der Waals surface area contributed by atoms with Gasteiger partial charge in [-0.2, -0.15) is 0 Å². The van der Waals surface area contributed by atoms with Crippen molar-refractivity contribution in [3.05, 3.63) is 56.4 Å². The molecule has 2 rings (SSSR count). The van der Waals surface area contributed by atoms with Gasteiger partial charge in [0.15, 0.2) is 10.4 Å². The number of carbonyl (C=O) groups excluding carboxylic acids is 1. The number of furan rings is 1. The maximum atomic E-state index is 11.7. The third-order valence-electron chi connectivity index (χ3n) is 2.23. The number of nitrogens with one attached hydrogen (secondary N) is 1. The summed E-state index contributed by atoms with van der Waals surface area (Å²) in [4.78, 5) is 11.7. The van der Waals surface area contributed by atoms with Crippen molar-refractivity contribution in [3.63, 3.8) is 0 Å². The number of amides is 1. The molecule has 0 aliphatic heterocycles. The molecule has 0 saturated carbocycles. The highest BCUT2D eigenvalue weighted by Gasteiger charge is 2.10. The molecule has 1 amide bonds. The minimum Gasteiger partial charge on any atom is -0.444 e. The van der Waals surface area contributed by atoms with Crippen LogP contribution in [0.5, 0.6) is 0 Å². The van der Waals surface area contributed by atoms with Crippen molar-refractivity contribution >= 4 is 45.0 Å². The van der Waals surface area contributed by atoms with Crippen LogP contribution < -0.4 is 5.32 Å². The zero-order valence-electron chi connectivity index (χ0n) is 9.04. The van der Waals surface area contributed by atoms with Crippen LogP contribution >= 0.6 is 39.1 Å². The zero-order chi connectivity index (χ0) is 13.1. The monoisotopic (exact) mass is 347 g/mol. The Morgan fingerprint density at radius 2 is 2.00 bits per heavy atom. The number of hydrogen-bond acceptors (Lipinski definition) is 2. The van der Waals surface area contributed by atoms with E-state index in [4.69, 9.17) is 27.6 Å². The fraction of sp³-hybridized carbons (Fsp3) is 0.0833. The van der Waals surface area contributed by atoms with Gasteiger partial charge in [-0.1, -0.05) is 29.3 Å². The number of carbonyl (C=O) groups is 1. The van der Waals surface area contributed by atoms with Crippen LogP contribution in [0.25, 0.3) is 0 Å². The predicted molar refractivity (Wildman–Crippen MR) is 74.0 cm³/mol. The molecule has 1 aromatic heterocycles. The number of halogens is 3. The molecule has 0 spiro atoms. The summed E-state index contributed by atoms with van der Waals surface area (Å²) >= 11 is 14.8. The molecule has 0 aliphatic carbocycles. The number of hydrogen-bond donors (Lipinski definition) is 1. The zero-order valence-corrected chi connectivity index (χ0v) is 12.1. The standard InChI is InChI=1S/C12H8BrCl2NO2/c13-11-4-3-10(18-11)12(17)16-6-7-1-2-8(14)9(15)5-7/h1-5H,6H2,(H,16,17). The van der Waals surface area contributed by atoms with Crippen molar-refractivity contribution in [2.75, 3.05) is 0 Å². The van der Waals surface area contributed by atoms with E-state index in [0.717, 1.165) is 5.56 Å². The first kappa shape index (κ1) is 13.5. The Labute approximate surface area is 122 Å². The average molecular weight is 349 g/mol. The lowest BCUT2D eigenvalue weighted by atomic mass is 10.2. The van der Waals surface area contributed by atoms with Crippen LogP contribution in [0, 0.1) is 0 Å². The summed E-state index contributed by atoms with van der Waals surface area (Å²) in [6.07, 6.45) is 0. The Morgan fingerprint density at radius 1 is 1.22 bits per heavy atom. The first-order valence-electron chi connectivity index (χ1n) is 5.04. The quantitative estimate of drug-likeness (QED) is 0.899. The summed E-state index contributed by atoms with van der Waals surface area (Å²) in [6.45, 7) is 0.355. The van der Waals surface area contributed by atoms with E-state index >= 15 is 0 Å². The average Bonchev–Trinajstić information content (AvgIpc) is 2.77. The van der Waals surface area contributed by atoms with Crippen LogP contribution in [0.4, 0.5) is 0 Å². The van der Waals surface area contributed by atoms with E-state index in [2.05, 4.69) is 21.2 Å².